The average Bonchev–Trinajstić information content (AvgIpc) is 3.16. The van der Waals surface area contributed by atoms with E-state index in [1.54, 1.807) is 23.1 Å². The van der Waals surface area contributed by atoms with Crippen molar-refractivity contribution in [1.82, 2.24) is 4.98 Å². The van der Waals surface area contributed by atoms with Gasteiger partial charge in [-0.3, -0.25) is 0 Å². The van der Waals surface area contributed by atoms with E-state index in [9.17, 15) is 0 Å². The monoisotopic (exact) mass is 536 g/mol. The number of ether oxygens (including phenoxy) is 1. The summed E-state index contributed by atoms with van der Waals surface area (Å²) >= 11 is 12.4. The number of aryl methyl sites for hydroxylation is 1. The molecule has 3 nitrogen and oxygen atoms in total. The quantitative estimate of drug-likeness (QED) is 0.332. The van der Waals surface area contributed by atoms with Gasteiger partial charge < -0.3 is 0 Å². The Kier molecular flexibility index (Phi) is 8.38. The summed E-state index contributed by atoms with van der Waals surface area (Å²) in [4.78, 5) is 8.09. The molecule has 0 aliphatic carbocycles. The number of thiazole rings is 1. The number of aromatic nitrogens is 1. The molecule has 3 aromatic rings. The Balaban J connectivity index is 0.00000256. The van der Waals surface area contributed by atoms with Gasteiger partial charge in [0.25, 0.3) is 0 Å². The first-order chi connectivity index (χ1) is 14.1. The third-order valence-electron chi connectivity index (χ3n) is 4.26. The Morgan fingerprint density at radius 3 is 2.60 bits per heavy atom. The molecule has 0 N–H and O–H groups in total. The van der Waals surface area contributed by atoms with Crippen molar-refractivity contribution in [2.75, 3.05) is 11.4 Å². The van der Waals surface area contributed by atoms with E-state index in [4.69, 9.17) is 16.3 Å². The molecule has 4 rings (SSSR count). The summed E-state index contributed by atoms with van der Waals surface area (Å²) in [7, 11) is 0. The summed E-state index contributed by atoms with van der Waals surface area (Å²) < 4.78 is 7.21. The summed E-state index contributed by atoms with van der Waals surface area (Å²) in [5.74, 6) is 2.44. The van der Waals surface area contributed by atoms with Gasteiger partial charge >= 0.3 is 194 Å². The molecule has 1 aliphatic rings. The van der Waals surface area contributed by atoms with E-state index in [-0.39, 0.29) is 12.4 Å². The number of hydrogen-bond acceptors (Lipinski definition) is 5. The van der Waals surface area contributed by atoms with Gasteiger partial charge in [-0.15, -0.1) is 12.4 Å². The Hall–Kier alpha value is -1.36. The second-order valence-electron chi connectivity index (χ2n) is 6.45. The molecule has 1 aliphatic heterocycles. The van der Waals surface area contributed by atoms with E-state index < -0.39 is 0 Å². The minimum absolute atomic E-state index is 0. The van der Waals surface area contributed by atoms with E-state index in [1.165, 1.54) is 4.91 Å². The van der Waals surface area contributed by atoms with Gasteiger partial charge in [0, 0.05) is 0 Å². The van der Waals surface area contributed by atoms with E-state index in [0.717, 1.165) is 49.7 Å². The van der Waals surface area contributed by atoms with Crippen molar-refractivity contribution < 1.29 is 4.74 Å². The molecule has 0 unspecified atom stereocenters. The Labute approximate surface area is 205 Å². The number of anilines is 1. The van der Waals surface area contributed by atoms with Crippen LogP contribution in [0, 0.1) is 6.92 Å². The van der Waals surface area contributed by atoms with Crippen molar-refractivity contribution in [3.05, 3.63) is 97.5 Å². The van der Waals surface area contributed by atoms with Crippen molar-refractivity contribution >= 4 is 69.1 Å². The first-order valence-corrected chi connectivity index (χ1v) is 12.2. The molecule has 0 fully saturated rings. The number of rotatable bonds is 6. The van der Waals surface area contributed by atoms with Crippen LogP contribution in [-0.2, 0) is 5.75 Å². The van der Waals surface area contributed by atoms with Crippen LogP contribution in [0.1, 0.15) is 11.3 Å². The van der Waals surface area contributed by atoms with Crippen LogP contribution in [0.5, 0.6) is 5.75 Å². The van der Waals surface area contributed by atoms with Crippen LogP contribution >= 0.6 is 47.1 Å². The molecule has 0 amide bonds. The van der Waals surface area contributed by atoms with Crippen LogP contribution in [0.2, 0.25) is 5.02 Å². The molecule has 30 heavy (non-hydrogen) atoms. The second-order valence-corrected chi connectivity index (χ2v) is 9.69. The van der Waals surface area contributed by atoms with E-state index >= 15 is 0 Å². The first-order valence-electron chi connectivity index (χ1n) is 9.03. The summed E-state index contributed by atoms with van der Waals surface area (Å²) in [5.41, 5.74) is 2.15. The predicted octanol–water partition coefficient (Wildman–Crippen LogP) is 6.58. The molecule has 2 radical (unpaired) electrons. The number of allylic oxidation sites excluding steroid dienone is 1. The third kappa shape index (κ3) is 5.66. The van der Waals surface area contributed by atoms with Gasteiger partial charge in [0.05, 0.1) is 0 Å². The van der Waals surface area contributed by atoms with Crippen LogP contribution in [0.25, 0.3) is 0 Å². The summed E-state index contributed by atoms with van der Waals surface area (Å²) in [6, 6.07) is 17.8. The van der Waals surface area contributed by atoms with Gasteiger partial charge in [0.15, 0.2) is 0 Å². The molecule has 0 atom stereocenters. The zero-order valence-corrected chi connectivity index (χ0v) is 21.2. The van der Waals surface area contributed by atoms with Gasteiger partial charge in [-0.1, -0.05) is 0 Å². The summed E-state index contributed by atoms with van der Waals surface area (Å²) in [6.45, 7) is 2.77. The SMILES string of the molecule is Cc1csc(N2CC(SCc3ccccc3Cl)=CC(Oc3ccccc3)=C2[As])n1.Cl. The normalized spacial score (nSPS) is 13.7. The largest absolute Gasteiger partial charge is 0.147 e. The van der Waals surface area contributed by atoms with Crippen LogP contribution in [-0.4, -0.2) is 28.4 Å². The maximum atomic E-state index is 6.34. The minimum Gasteiger partial charge on any atom is -0.147 e. The van der Waals surface area contributed by atoms with Crippen molar-refractivity contribution in [3.8, 4) is 5.75 Å². The van der Waals surface area contributed by atoms with Crippen LogP contribution < -0.4 is 9.64 Å². The molecule has 0 spiro atoms. The summed E-state index contributed by atoms with van der Waals surface area (Å²) in [6.07, 6.45) is 2.12. The average molecular weight is 537 g/mol. The minimum atomic E-state index is 0. The molecule has 154 valence electrons. The fourth-order valence-electron chi connectivity index (χ4n) is 2.81. The molecular formula is C22H19AsCl2N2OS2. The fourth-order valence-corrected chi connectivity index (χ4v) is 5.63. The van der Waals surface area contributed by atoms with Gasteiger partial charge in [-0.05, 0) is 0 Å². The van der Waals surface area contributed by atoms with Gasteiger partial charge in [-0.25, -0.2) is 0 Å². The zero-order valence-electron chi connectivity index (χ0n) is 16.1. The Morgan fingerprint density at radius 1 is 1.17 bits per heavy atom. The third-order valence-corrected chi connectivity index (χ3v) is 7.65. The molecule has 1 aromatic heterocycles. The Bertz CT molecular complexity index is 1070. The molecular weight excluding hydrogens is 518 g/mol. The number of para-hydroxylation sites is 1. The predicted molar refractivity (Wildman–Crippen MR) is 132 cm³/mol. The molecule has 0 bridgehead atoms. The van der Waals surface area contributed by atoms with Crippen LogP contribution in [0.3, 0.4) is 0 Å². The van der Waals surface area contributed by atoms with E-state index in [2.05, 4.69) is 44.3 Å². The topological polar surface area (TPSA) is 25.4 Å². The van der Waals surface area contributed by atoms with Crippen molar-refractivity contribution in [3.63, 3.8) is 0 Å². The summed E-state index contributed by atoms with van der Waals surface area (Å²) in [5, 5.41) is 3.84. The standard InChI is InChI=1S/C22H18AsClN2OS2.ClH/c1-15-13-29-22(25-15)26-12-18(28-14-16-7-5-6-10-19(16)24)11-20(21(26)23)27-17-8-3-2-4-9-17;/h2-11,13H,12,14H2,1H3;1H. The number of nitrogens with zero attached hydrogens (tertiary/aromatic N) is 2. The Morgan fingerprint density at radius 2 is 1.90 bits per heavy atom. The van der Waals surface area contributed by atoms with Crippen molar-refractivity contribution in [2.24, 2.45) is 0 Å². The maximum absolute atomic E-state index is 6.34. The van der Waals surface area contributed by atoms with Gasteiger partial charge in [0.1, 0.15) is 0 Å². The molecule has 2 heterocycles. The van der Waals surface area contributed by atoms with Crippen molar-refractivity contribution in [1.29, 1.82) is 0 Å². The second kappa shape index (κ2) is 10.8. The first kappa shape index (κ1) is 23.3. The smallest absolute Gasteiger partial charge is 0.147 e. The number of benzene rings is 2. The fraction of sp³-hybridized carbons (Fsp3) is 0.136. The molecule has 0 saturated carbocycles. The molecule has 8 heteroatoms. The van der Waals surface area contributed by atoms with E-state index in [0.29, 0.717) is 0 Å². The number of thioether (sulfide) groups is 1. The number of halogens is 2. The van der Waals surface area contributed by atoms with Crippen molar-refractivity contribution in [2.45, 2.75) is 12.7 Å². The molecule has 0 saturated heterocycles. The zero-order chi connectivity index (χ0) is 20.2. The van der Waals surface area contributed by atoms with E-state index in [1.807, 2.05) is 55.5 Å². The molecule has 2 aromatic carbocycles. The maximum Gasteiger partial charge on any atom is -0.147 e. The number of hydrogen-bond donors (Lipinski definition) is 0. The van der Waals surface area contributed by atoms with Crippen LogP contribution in [0.4, 0.5) is 5.13 Å². The van der Waals surface area contributed by atoms with Crippen LogP contribution in [0.15, 0.2) is 81.2 Å². The van der Waals surface area contributed by atoms with Gasteiger partial charge in [0.2, 0.25) is 0 Å². The van der Waals surface area contributed by atoms with Gasteiger partial charge in [-0.2, -0.15) is 0 Å².